The van der Waals surface area contributed by atoms with E-state index in [0.29, 0.717) is 16.6 Å². The SMILES string of the molecule is Cc1ccc(O)c(C)c1-n1c(N)c(C(N)=O)c2cc3c(nc21)N(C)CCC3. The number of nitrogen functional groups attached to an aromatic ring is 1. The van der Waals surface area contributed by atoms with Gasteiger partial charge in [0.15, 0.2) is 0 Å². The molecule has 0 fully saturated rings. The molecule has 140 valence electrons. The van der Waals surface area contributed by atoms with Crippen LogP contribution in [0.25, 0.3) is 16.7 Å². The molecule has 0 aliphatic carbocycles. The highest BCUT2D eigenvalue weighted by molar-refractivity contribution is 6.11. The standard InChI is InChI=1S/C20H23N5O2/c1-10-6-7-14(26)11(2)16(10)25-17(21)15(18(22)27)13-9-12-5-4-8-24(3)19(12)23-20(13)25/h6-7,9,26H,4-5,8,21H2,1-3H3,(H2,22,27). The Labute approximate surface area is 157 Å². The molecule has 0 radical (unpaired) electrons. The number of aromatic nitrogens is 2. The van der Waals surface area contributed by atoms with Crippen LogP contribution in [0.5, 0.6) is 5.75 Å². The fourth-order valence-electron chi connectivity index (χ4n) is 4.04. The number of primary amides is 1. The predicted octanol–water partition coefficient (Wildman–Crippen LogP) is 2.41. The van der Waals surface area contributed by atoms with Gasteiger partial charge in [-0.2, -0.15) is 0 Å². The molecule has 0 spiro atoms. The zero-order chi connectivity index (χ0) is 19.5. The number of rotatable bonds is 2. The second kappa shape index (κ2) is 5.90. The Balaban J connectivity index is 2.16. The molecule has 27 heavy (non-hydrogen) atoms. The first-order valence-electron chi connectivity index (χ1n) is 8.95. The molecule has 7 heteroatoms. The lowest BCUT2D eigenvalue weighted by Gasteiger charge is -2.26. The minimum Gasteiger partial charge on any atom is -0.508 e. The molecular formula is C20H23N5O2. The number of nitrogens with two attached hydrogens (primary N) is 2. The summed E-state index contributed by atoms with van der Waals surface area (Å²) in [6.45, 7) is 4.67. The van der Waals surface area contributed by atoms with Crippen LogP contribution >= 0.6 is 0 Å². The van der Waals surface area contributed by atoms with Crippen LogP contribution in [0.2, 0.25) is 0 Å². The summed E-state index contributed by atoms with van der Waals surface area (Å²) < 4.78 is 1.74. The number of hydrogen-bond acceptors (Lipinski definition) is 5. The van der Waals surface area contributed by atoms with Crippen LogP contribution < -0.4 is 16.4 Å². The largest absolute Gasteiger partial charge is 0.508 e. The Hall–Kier alpha value is -3.22. The molecule has 0 saturated carbocycles. The maximum absolute atomic E-state index is 12.2. The third-order valence-corrected chi connectivity index (χ3v) is 5.41. The number of pyridine rings is 1. The van der Waals surface area contributed by atoms with E-state index in [1.807, 2.05) is 33.0 Å². The van der Waals surface area contributed by atoms with E-state index in [0.717, 1.165) is 42.0 Å². The van der Waals surface area contributed by atoms with Crippen molar-refractivity contribution in [3.8, 4) is 11.4 Å². The van der Waals surface area contributed by atoms with Gasteiger partial charge in [0.05, 0.1) is 11.3 Å². The highest BCUT2D eigenvalue weighted by Gasteiger charge is 2.26. The van der Waals surface area contributed by atoms with Crippen LogP contribution in [0.3, 0.4) is 0 Å². The second-order valence-electron chi connectivity index (χ2n) is 7.20. The Bertz CT molecular complexity index is 1100. The maximum atomic E-state index is 12.2. The lowest BCUT2D eigenvalue weighted by Crippen LogP contribution is -2.26. The molecule has 1 aromatic carbocycles. The molecule has 1 aliphatic heterocycles. The fraction of sp³-hybridized carbons (Fsp3) is 0.300. The van der Waals surface area contributed by atoms with Gasteiger partial charge >= 0.3 is 0 Å². The monoisotopic (exact) mass is 365 g/mol. The summed E-state index contributed by atoms with van der Waals surface area (Å²) in [4.78, 5) is 19.2. The lowest BCUT2D eigenvalue weighted by atomic mass is 10.0. The number of aryl methyl sites for hydroxylation is 2. The van der Waals surface area contributed by atoms with Crippen molar-refractivity contribution in [2.24, 2.45) is 5.73 Å². The van der Waals surface area contributed by atoms with E-state index in [1.54, 1.807) is 10.6 Å². The van der Waals surface area contributed by atoms with Crippen molar-refractivity contribution in [1.82, 2.24) is 9.55 Å². The number of phenolic OH excluding ortho intramolecular Hbond substituents is 1. The summed E-state index contributed by atoms with van der Waals surface area (Å²) in [5, 5.41) is 10.9. The van der Waals surface area contributed by atoms with Gasteiger partial charge in [0.25, 0.3) is 5.91 Å². The third-order valence-electron chi connectivity index (χ3n) is 5.41. The number of aromatic hydroxyl groups is 1. The van der Waals surface area contributed by atoms with Gasteiger partial charge in [-0.05, 0) is 49.9 Å². The number of phenols is 1. The van der Waals surface area contributed by atoms with Gasteiger partial charge in [-0.15, -0.1) is 0 Å². The van der Waals surface area contributed by atoms with Crippen LogP contribution in [0.4, 0.5) is 11.6 Å². The maximum Gasteiger partial charge on any atom is 0.253 e. The van der Waals surface area contributed by atoms with Crippen molar-refractivity contribution in [3.63, 3.8) is 0 Å². The summed E-state index contributed by atoms with van der Waals surface area (Å²) in [6.07, 6.45) is 1.93. The predicted molar refractivity (Wildman–Crippen MR) is 107 cm³/mol. The normalized spacial score (nSPS) is 13.8. The Morgan fingerprint density at radius 1 is 1.30 bits per heavy atom. The zero-order valence-electron chi connectivity index (χ0n) is 15.7. The summed E-state index contributed by atoms with van der Waals surface area (Å²) in [5.41, 5.74) is 16.3. The van der Waals surface area contributed by atoms with Gasteiger partial charge in [0.1, 0.15) is 23.0 Å². The quantitative estimate of drug-likeness (QED) is 0.646. The minimum atomic E-state index is -0.586. The van der Waals surface area contributed by atoms with E-state index in [2.05, 4.69) is 4.90 Å². The van der Waals surface area contributed by atoms with Gasteiger partial charge < -0.3 is 21.5 Å². The summed E-state index contributed by atoms with van der Waals surface area (Å²) in [7, 11) is 2.01. The van der Waals surface area contributed by atoms with E-state index >= 15 is 0 Å². The molecule has 7 nitrogen and oxygen atoms in total. The average molecular weight is 365 g/mol. The van der Waals surface area contributed by atoms with E-state index < -0.39 is 5.91 Å². The second-order valence-corrected chi connectivity index (χ2v) is 7.20. The Morgan fingerprint density at radius 2 is 2.04 bits per heavy atom. The Morgan fingerprint density at radius 3 is 2.74 bits per heavy atom. The molecule has 0 saturated heterocycles. The van der Waals surface area contributed by atoms with Gasteiger partial charge in [0, 0.05) is 24.5 Å². The highest BCUT2D eigenvalue weighted by Crippen LogP contribution is 2.38. The first-order chi connectivity index (χ1) is 12.8. The van der Waals surface area contributed by atoms with Crippen molar-refractivity contribution in [1.29, 1.82) is 0 Å². The number of amides is 1. The van der Waals surface area contributed by atoms with E-state index in [9.17, 15) is 9.90 Å². The van der Waals surface area contributed by atoms with Crippen molar-refractivity contribution in [3.05, 3.63) is 40.5 Å². The fourth-order valence-corrected chi connectivity index (χ4v) is 4.04. The van der Waals surface area contributed by atoms with E-state index in [1.165, 1.54) is 0 Å². The smallest absolute Gasteiger partial charge is 0.253 e. The Kier molecular flexibility index (Phi) is 3.76. The number of fused-ring (bicyclic) bond motifs is 2. The number of hydrogen-bond donors (Lipinski definition) is 3. The van der Waals surface area contributed by atoms with Gasteiger partial charge in [-0.25, -0.2) is 4.98 Å². The molecule has 1 amide bonds. The van der Waals surface area contributed by atoms with Gasteiger partial charge in [-0.3, -0.25) is 9.36 Å². The van der Waals surface area contributed by atoms with Crippen LogP contribution in [0, 0.1) is 13.8 Å². The molecule has 4 rings (SSSR count). The number of carbonyl (C=O) groups is 1. The van der Waals surface area contributed by atoms with Crippen LogP contribution in [-0.4, -0.2) is 34.2 Å². The molecule has 0 unspecified atom stereocenters. The number of benzene rings is 1. The molecule has 5 N–H and O–H groups in total. The third kappa shape index (κ3) is 2.42. The van der Waals surface area contributed by atoms with Gasteiger partial charge in [-0.1, -0.05) is 6.07 Å². The van der Waals surface area contributed by atoms with Crippen molar-refractivity contribution < 1.29 is 9.90 Å². The summed E-state index contributed by atoms with van der Waals surface area (Å²) in [5.74, 6) is 0.705. The van der Waals surface area contributed by atoms with Crippen LogP contribution in [0.15, 0.2) is 18.2 Å². The minimum absolute atomic E-state index is 0.160. The van der Waals surface area contributed by atoms with Crippen molar-refractivity contribution >= 4 is 28.6 Å². The number of nitrogens with zero attached hydrogens (tertiary/aromatic N) is 3. The first-order valence-corrected chi connectivity index (χ1v) is 8.95. The molecule has 1 aliphatic rings. The van der Waals surface area contributed by atoms with E-state index in [4.69, 9.17) is 16.5 Å². The van der Waals surface area contributed by atoms with Crippen molar-refractivity contribution in [2.75, 3.05) is 24.2 Å². The topological polar surface area (TPSA) is 110 Å². The highest BCUT2D eigenvalue weighted by atomic mass is 16.3. The van der Waals surface area contributed by atoms with Crippen LogP contribution in [-0.2, 0) is 6.42 Å². The molecule has 0 atom stereocenters. The summed E-state index contributed by atoms with van der Waals surface area (Å²) >= 11 is 0. The molecule has 0 bridgehead atoms. The lowest BCUT2D eigenvalue weighted by molar-refractivity contribution is 0.100. The summed E-state index contributed by atoms with van der Waals surface area (Å²) in [6, 6.07) is 5.44. The molecular weight excluding hydrogens is 342 g/mol. The number of carbonyl (C=O) groups excluding carboxylic acids is 1. The van der Waals surface area contributed by atoms with Crippen LogP contribution in [0.1, 0.15) is 33.5 Å². The molecule has 3 heterocycles. The van der Waals surface area contributed by atoms with E-state index in [-0.39, 0.29) is 17.1 Å². The molecule has 3 aromatic rings. The first kappa shape index (κ1) is 17.2. The average Bonchev–Trinajstić information content (AvgIpc) is 2.89. The molecule has 2 aromatic heterocycles. The van der Waals surface area contributed by atoms with Crippen molar-refractivity contribution in [2.45, 2.75) is 26.7 Å². The number of anilines is 2. The zero-order valence-corrected chi connectivity index (χ0v) is 15.7. The van der Waals surface area contributed by atoms with Gasteiger partial charge in [0.2, 0.25) is 0 Å².